The van der Waals surface area contributed by atoms with Crippen LogP contribution in [0.4, 0.5) is 0 Å². The number of nitrogens with one attached hydrogen (secondary N) is 1. The van der Waals surface area contributed by atoms with Gasteiger partial charge in [-0.15, -0.1) is 0 Å². The molecule has 0 unspecified atom stereocenters. The summed E-state index contributed by atoms with van der Waals surface area (Å²) in [5.41, 5.74) is 2.75. The maximum atomic E-state index is 11.3. The lowest BCUT2D eigenvalue weighted by Crippen LogP contribution is -2.19. The fourth-order valence-corrected chi connectivity index (χ4v) is 1.67. The predicted octanol–water partition coefficient (Wildman–Crippen LogP) is 1.68. The highest BCUT2D eigenvalue weighted by atomic mass is 16.2. The zero-order valence-electron chi connectivity index (χ0n) is 9.12. The summed E-state index contributed by atoms with van der Waals surface area (Å²) >= 11 is 0. The van der Waals surface area contributed by atoms with E-state index in [-0.39, 0.29) is 18.2 Å². The number of rotatable bonds is 2. The molecule has 1 aromatic rings. The van der Waals surface area contributed by atoms with Crippen LogP contribution in [0.3, 0.4) is 0 Å². The maximum absolute atomic E-state index is 11.3. The van der Waals surface area contributed by atoms with Crippen molar-refractivity contribution < 1.29 is 9.59 Å². The third-order valence-electron chi connectivity index (χ3n) is 2.62. The van der Waals surface area contributed by atoms with Gasteiger partial charge in [0.25, 0.3) is 5.91 Å². The molecule has 0 saturated carbocycles. The van der Waals surface area contributed by atoms with Gasteiger partial charge in [0, 0.05) is 5.57 Å². The summed E-state index contributed by atoms with van der Waals surface area (Å²) in [6.07, 6.45) is 2.95. The van der Waals surface area contributed by atoms with Crippen LogP contribution < -0.4 is 5.32 Å². The Balaban J connectivity index is 2.22. The second kappa shape index (κ2) is 4.31. The molecule has 82 valence electrons. The van der Waals surface area contributed by atoms with E-state index in [1.54, 1.807) is 6.08 Å². The molecule has 1 heterocycles. The number of hydrogen-bond donors (Lipinski definition) is 1. The highest BCUT2D eigenvalue weighted by Gasteiger charge is 2.23. The minimum Gasteiger partial charge on any atom is -0.292 e. The summed E-state index contributed by atoms with van der Waals surface area (Å²) in [6.45, 7) is 2.09. The van der Waals surface area contributed by atoms with E-state index in [1.807, 2.05) is 24.3 Å². The van der Waals surface area contributed by atoms with Crippen molar-refractivity contribution in [3.05, 3.63) is 41.0 Å². The summed E-state index contributed by atoms with van der Waals surface area (Å²) in [6, 6.07) is 7.98. The van der Waals surface area contributed by atoms with E-state index < -0.39 is 0 Å². The molecule has 0 spiro atoms. The van der Waals surface area contributed by atoms with Crippen LogP contribution in [0.25, 0.3) is 6.08 Å². The van der Waals surface area contributed by atoms with Crippen molar-refractivity contribution in [2.45, 2.75) is 19.8 Å². The van der Waals surface area contributed by atoms with Crippen molar-refractivity contribution in [3.63, 3.8) is 0 Å². The lowest BCUT2D eigenvalue weighted by atomic mass is 10.1. The molecule has 0 atom stereocenters. The second-order valence-electron chi connectivity index (χ2n) is 3.82. The molecule has 3 nitrogen and oxygen atoms in total. The zero-order valence-corrected chi connectivity index (χ0v) is 9.12. The number of carbonyl (C=O) groups excluding carboxylic acids is 2. The number of aryl methyl sites for hydroxylation is 1. The molecule has 1 aliphatic rings. The number of amides is 2. The van der Waals surface area contributed by atoms with Crippen LogP contribution >= 0.6 is 0 Å². The van der Waals surface area contributed by atoms with Gasteiger partial charge in [0.15, 0.2) is 0 Å². The number of imide groups is 1. The van der Waals surface area contributed by atoms with Gasteiger partial charge in [0.1, 0.15) is 0 Å². The number of carbonyl (C=O) groups is 2. The average Bonchev–Trinajstić information content (AvgIpc) is 2.59. The molecule has 0 bridgehead atoms. The first kappa shape index (κ1) is 10.6. The standard InChI is InChI=1S/C13H13NO2/c1-2-9-3-5-10(6-4-9)7-11-8-12(15)14-13(11)16/h3-7H,2,8H2,1H3,(H,14,15,16). The van der Waals surface area contributed by atoms with Crippen molar-refractivity contribution in [2.24, 2.45) is 0 Å². The topological polar surface area (TPSA) is 46.2 Å². The van der Waals surface area contributed by atoms with E-state index in [9.17, 15) is 9.59 Å². The molecule has 1 fully saturated rings. The smallest absolute Gasteiger partial charge is 0.254 e. The molecule has 1 saturated heterocycles. The fraction of sp³-hybridized carbons (Fsp3) is 0.231. The Bertz CT molecular complexity index is 457. The molecule has 16 heavy (non-hydrogen) atoms. The zero-order chi connectivity index (χ0) is 11.5. The molecular formula is C13H13NO2. The van der Waals surface area contributed by atoms with Crippen LogP contribution in [-0.4, -0.2) is 11.8 Å². The number of hydrogen-bond acceptors (Lipinski definition) is 2. The Morgan fingerprint density at radius 1 is 1.25 bits per heavy atom. The SMILES string of the molecule is CCc1ccc(C=C2CC(=O)NC2=O)cc1. The molecule has 0 aliphatic carbocycles. The van der Waals surface area contributed by atoms with Crippen molar-refractivity contribution in [3.8, 4) is 0 Å². The van der Waals surface area contributed by atoms with Crippen LogP contribution in [0.15, 0.2) is 29.8 Å². The van der Waals surface area contributed by atoms with E-state index in [2.05, 4.69) is 12.2 Å². The maximum Gasteiger partial charge on any atom is 0.254 e. The Labute approximate surface area is 94.2 Å². The monoisotopic (exact) mass is 215 g/mol. The Morgan fingerprint density at radius 3 is 2.44 bits per heavy atom. The minimum absolute atomic E-state index is 0.189. The lowest BCUT2D eigenvalue weighted by Gasteiger charge is -1.98. The van der Waals surface area contributed by atoms with Crippen LogP contribution in [0.5, 0.6) is 0 Å². The quantitative estimate of drug-likeness (QED) is 0.602. The summed E-state index contributed by atoms with van der Waals surface area (Å²) < 4.78 is 0. The van der Waals surface area contributed by atoms with E-state index in [0.29, 0.717) is 5.57 Å². The van der Waals surface area contributed by atoms with Gasteiger partial charge < -0.3 is 0 Å². The first-order valence-electron chi connectivity index (χ1n) is 5.32. The van der Waals surface area contributed by atoms with Gasteiger partial charge in [0.05, 0.1) is 6.42 Å². The van der Waals surface area contributed by atoms with Crippen molar-refractivity contribution in [2.75, 3.05) is 0 Å². The fourth-order valence-electron chi connectivity index (χ4n) is 1.67. The second-order valence-corrected chi connectivity index (χ2v) is 3.82. The number of benzene rings is 1. The minimum atomic E-state index is -0.274. The van der Waals surface area contributed by atoms with E-state index in [1.165, 1.54) is 5.56 Å². The van der Waals surface area contributed by atoms with Gasteiger partial charge in [-0.2, -0.15) is 0 Å². The largest absolute Gasteiger partial charge is 0.292 e. The average molecular weight is 215 g/mol. The van der Waals surface area contributed by atoms with E-state index in [4.69, 9.17) is 0 Å². The highest BCUT2D eigenvalue weighted by Crippen LogP contribution is 2.15. The van der Waals surface area contributed by atoms with Gasteiger partial charge in [-0.1, -0.05) is 31.2 Å². The molecular weight excluding hydrogens is 202 g/mol. The summed E-state index contributed by atoms with van der Waals surface area (Å²) in [5.74, 6) is -0.494. The Morgan fingerprint density at radius 2 is 1.94 bits per heavy atom. The Kier molecular flexibility index (Phi) is 2.86. The van der Waals surface area contributed by atoms with Crippen LogP contribution in [-0.2, 0) is 16.0 Å². The van der Waals surface area contributed by atoms with Crippen LogP contribution in [0.1, 0.15) is 24.5 Å². The van der Waals surface area contributed by atoms with Gasteiger partial charge in [-0.25, -0.2) is 0 Å². The first-order valence-corrected chi connectivity index (χ1v) is 5.32. The molecule has 0 radical (unpaired) electrons. The molecule has 0 aromatic heterocycles. The summed E-state index contributed by atoms with van der Waals surface area (Å²) in [5, 5.41) is 2.26. The van der Waals surface area contributed by atoms with Gasteiger partial charge in [-0.05, 0) is 23.6 Å². The molecule has 1 aliphatic heterocycles. The summed E-state index contributed by atoms with van der Waals surface area (Å²) in [4.78, 5) is 22.3. The first-order chi connectivity index (χ1) is 7.69. The molecule has 3 heteroatoms. The van der Waals surface area contributed by atoms with E-state index >= 15 is 0 Å². The highest BCUT2D eigenvalue weighted by molar-refractivity contribution is 6.15. The lowest BCUT2D eigenvalue weighted by molar-refractivity contribution is -0.124. The molecule has 2 rings (SSSR count). The molecule has 1 N–H and O–H groups in total. The van der Waals surface area contributed by atoms with Gasteiger partial charge >= 0.3 is 0 Å². The van der Waals surface area contributed by atoms with Crippen molar-refractivity contribution in [1.29, 1.82) is 0 Å². The Hall–Kier alpha value is -1.90. The third kappa shape index (κ3) is 2.19. The molecule has 2 amide bonds. The van der Waals surface area contributed by atoms with Crippen molar-refractivity contribution in [1.82, 2.24) is 5.32 Å². The van der Waals surface area contributed by atoms with Gasteiger partial charge in [-0.3, -0.25) is 14.9 Å². The van der Waals surface area contributed by atoms with Crippen LogP contribution in [0.2, 0.25) is 0 Å². The molecule has 1 aromatic carbocycles. The van der Waals surface area contributed by atoms with Crippen molar-refractivity contribution >= 4 is 17.9 Å². The third-order valence-corrected chi connectivity index (χ3v) is 2.62. The van der Waals surface area contributed by atoms with Crippen LogP contribution in [0, 0.1) is 0 Å². The van der Waals surface area contributed by atoms with E-state index in [0.717, 1.165) is 12.0 Å². The van der Waals surface area contributed by atoms with Gasteiger partial charge in [0.2, 0.25) is 5.91 Å². The normalized spacial score (nSPS) is 17.9. The summed E-state index contributed by atoms with van der Waals surface area (Å²) in [7, 11) is 0. The predicted molar refractivity (Wildman–Crippen MR) is 61.6 cm³/mol.